The standard InChI is InChI=1S/C22H36O4/c1-13(12-23)15-4-5-16-19-17(6-7-21(15,16)3)20(2)8-9-22(25,26)11-14(20)10-18(19)24/h12-19,24-26H,4-11H2,1-3H3/t13-,14+,15-,16+,17+,18-,19+,20+,21-/m1/s1. The molecule has 9 atom stereocenters. The Morgan fingerprint density at radius 2 is 1.69 bits per heavy atom. The minimum absolute atomic E-state index is 0.102. The van der Waals surface area contributed by atoms with Crippen molar-refractivity contribution in [3.63, 3.8) is 0 Å². The first-order valence-electron chi connectivity index (χ1n) is 10.7. The van der Waals surface area contributed by atoms with E-state index in [1.165, 1.54) is 0 Å². The molecule has 4 fully saturated rings. The Hall–Kier alpha value is -0.450. The van der Waals surface area contributed by atoms with E-state index in [0.29, 0.717) is 42.9 Å². The van der Waals surface area contributed by atoms with Crippen LogP contribution in [0, 0.1) is 46.3 Å². The van der Waals surface area contributed by atoms with Gasteiger partial charge < -0.3 is 20.1 Å². The summed E-state index contributed by atoms with van der Waals surface area (Å²) in [5.41, 5.74) is 0.270. The molecule has 0 radical (unpaired) electrons. The number of rotatable bonds is 2. The van der Waals surface area contributed by atoms with Crippen molar-refractivity contribution in [2.45, 2.75) is 84.0 Å². The Labute approximate surface area is 157 Å². The first kappa shape index (κ1) is 18.9. The molecule has 4 saturated carbocycles. The lowest BCUT2D eigenvalue weighted by Crippen LogP contribution is -2.60. The first-order chi connectivity index (χ1) is 12.1. The minimum Gasteiger partial charge on any atom is -0.393 e. The summed E-state index contributed by atoms with van der Waals surface area (Å²) in [6.45, 7) is 6.79. The molecule has 26 heavy (non-hydrogen) atoms. The molecule has 0 amide bonds. The third kappa shape index (κ3) is 2.55. The van der Waals surface area contributed by atoms with Crippen molar-refractivity contribution >= 4 is 6.29 Å². The average Bonchev–Trinajstić information content (AvgIpc) is 2.93. The summed E-state index contributed by atoms with van der Waals surface area (Å²) in [6.07, 6.45) is 7.65. The van der Waals surface area contributed by atoms with Crippen molar-refractivity contribution < 1.29 is 20.1 Å². The lowest BCUT2D eigenvalue weighted by Gasteiger charge is -2.63. The topological polar surface area (TPSA) is 77.8 Å². The van der Waals surface area contributed by atoms with E-state index in [4.69, 9.17) is 0 Å². The number of fused-ring (bicyclic) bond motifs is 5. The molecule has 4 aliphatic carbocycles. The number of carbonyl (C=O) groups excluding carboxylic acids is 1. The van der Waals surface area contributed by atoms with Crippen LogP contribution in [0.3, 0.4) is 0 Å². The van der Waals surface area contributed by atoms with Crippen LogP contribution in [0.25, 0.3) is 0 Å². The van der Waals surface area contributed by atoms with E-state index >= 15 is 0 Å². The Morgan fingerprint density at radius 1 is 1.00 bits per heavy atom. The third-order valence-electron chi connectivity index (χ3n) is 9.64. The van der Waals surface area contributed by atoms with E-state index in [1.54, 1.807) is 0 Å². The summed E-state index contributed by atoms with van der Waals surface area (Å²) in [5, 5.41) is 31.5. The van der Waals surface area contributed by atoms with Gasteiger partial charge in [0, 0.05) is 18.8 Å². The molecule has 0 aromatic heterocycles. The molecule has 4 aliphatic rings. The maximum absolute atomic E-state index is 11.5. The molecule has 0 aromatic rings. The summed E-state index contributed by atoms with van der Waals surface area (Å²) >= 11 is 0. The quantitative estimate of drug-likeness (QED) is 0.520. The number of aliphatic hydroxyl groups excluding tert-OH is 1. The molecule has 0 bridgehead atoms. The number of hydrogen-bond acceptors (Lipinski definition) is 4. The van der Waals surface area contributed by atoms with Crippen molar-refractivity contribution in [1.29, 1.82) is 0 Å². The largest absolute Gasteiger partial charge is 0.393 e. The number of carbonyl (C=O) groups is 1. The monoisotopic (exact) mass is 364 g/mol. The fourth-order valence-corrected chi connectivity index (χ4v) is 8.19. The van der Waals surface area contributed by atoms with Crippen molar-refractivity contribution in [3.05, 3.63) is 0 Å². The van der Waals surface area contributed by atoms with Crippen LogP contribution >= 0.6 is 0 Å². The van der Waals surface area contributed by atoms with E-state index in [2.05, 4.69) is 20.8 Å². The highest BCUT2D eigenvalue weighted by atomic mass is 16.5. The molecule has 0 unspecified atom stereocenters. The van der Waals surface area contributed by atoms with Crippen LogP contribution in [-0.4, -0.2) is 33.5 Å². The normalized spacial score (nSPS) is 53.9. The molecular weight excluding hydrogens is 328 g/mol. The van der Waals surface area contributed by atoms with E-state index in [9.17, 15) is 20.1 Å². The zero-order valence-electron chi connectivity index (χ0n) is 16.5. The third-order valence-corrected chi connectivity index (χ3v) is 9.64. The van der Waals surface area contributed by atoms with Gasteiger partial charge in [-0.3, -0.25) is 0 Å². The van der Waals surface area contributed by atoms with Crippen molar-refractivity contribution in [2.75, 3.05) is 0 Å². The van der Waals surface area contributed by atoms with Crippen LogP contribution in [-0.2, 0) is 4.79 Å². The van der Waals surface area contributed by atoms with Gasteiger partial charge in [-0.25, -0.2) is 0 Å². The Bertz CT molecular complexity index is 574. The van der Waals surface area contributed by atoms with E-state index in [0.717, 1.165) is 38.4 Å². The summed E-state index contributed by atoms with van der Waals surface area (Å²) in [6, 6.07) is 0. The number of hydrogen-bond donors (Lipinski definition) is 3. The van der Waals surface area contributed by atoms with Gasteiger partial charge in [0.05, 0.1) is 6.10 Å². The predicted molar refractivity (Wildman–Crippen MR) is 99.0 cm³/mol. The van der Waals surface area contributed by atoms with Gasteiger partial charge in [0.2, 0.25) is 0 Å². The van der Waals surface area contributed by atoms with Crippen molar-refractivity contribution in [2.24, 2.45) is 46.3 Å². The van der Waals surface area contributed by atoms with Crippen LogP contribution in [0.4, 0.5) is 0 Å². The summed E-state index contributed by atoms with van der Waals surface area (Å²) in [4.78, 5) is 11.5. The van der Waals surface area contributed by atoms with E-state index in [-0.39, 0.29) is 28.8 Å². The smallest absolute Gasteiger partial charge is 0.162 e. The fraction of sp³-hybridized carbons (Fsp3) is 0.955. The van der Waals surface area contributed by atoms with Crippen LogP contribution in [0.2, 0.25) is 0 Å². The van der Waals surface area contributed by atoms with Gasteiger partial charge in [0.25, 0.3) is 0 Å². The second-order valence-electron chi connectivity index (χ2n) is 10.7. The molecule has 4 heteroatoms. The van der Waals surface area contributed by atoms with Crippen LogP contribution in [0.15, 0.2) is 0 Å². The molecule has 0 aliphatic heterocycles. The van der Waals surface area contributed by atoms with Gasteiger partial charge >= 0.3 is 0 Å². The maximum atomic E-state index is 11.5. The average molecular weight is 365 g/mol. The Kier molecular flexibility index (Phi) is 4.38. The zero-order chi connectivity index (χ0) is 18.9. The molecule has 0 saturated heterocycles. The number of aliphatic hydroxyl groups is 3. The lowest BCUT2D eigenvalue weighted by atomic mass is 9.43. The Morgan fingerprint density at radius 3 is 2.38 bits per heavy atom. The zero-order valence-corrected chi connectivity index (χ0v) is 16.5. The second-order valence-corrected chi connectivity index (χ2v) is 10.7. The predicted octanol–water partition coefficient (Wildman–Crippen LogP) is 3.13. The minimum atomic E-state index is -1.56. The van der Waals surface area contributed by atoms with Gasteiger partial charge in [0.1, 0.15) is 6.29 Å². The highest BCUT2D eigenvalue weighted by Crippen LogP contribution is 2.68. The van der Waals surface area contributed by atoms with E-state index < -0.39 is 5.79 Å². The molecular formula is C22H36O4. The maximum Gasteiger partial charge on any atom is 0.162 e. The van der Waals surface area contributed by atoms with Crippen molar-refractivity contribution in [3.8, 4) is 0 Å². The van der Waals surface area contributed by atoms with Crippen LogP contribution < -0.4 is 0 Å². The summed E-state index contributed by atoms with van der Waals surface area (Å²) in [5.74, 6) is 0.452. The van der Waals surface area contributed by atoms with Gasteiger partial charge in [-0.1, -0.05) is 20.8 Å². The Balaban J connectivity index is 1.64. The molecule has 4 rings (SSSR count). The van der Waals surface area contributed by atoms with Gasteiger partial charge in [-0.2, -0.15) is 0 Å². The fourth-order valence-electron chi connectivity index (χ4n) is 8.19. The van der Waals surface area contributed by atoms with Crippen molar-refractivity contribution in [1.82, 2.24) is 0 Å². The molecule has 4 nitrogen and oxygen atoms in total. The molecule has 0 heterocycles. The highest BCUT2D eigenvalue weighted by Gasteiger charge is 2.63. The van der Waals surface area contributed by atoms with Gasteiger partial charge in [-0.15, -0.1) is 0 Å². The summed E-state index contributed by atoms with van der Waals surface area (Å²) in [7, 11) is 0. The van der Waals surface area contributed by atoms with Crippen LogP contribution in [0.1, 0.15) is 72.1 Å². The highest BCUT2D eigenvalue weighted by molar-refractivity contribution is 5.53. The first-order valence-corrected chi connectivity index (χ1v) is 10.7. The molecule has 0 aromatic carbocycles. The summed E-state index contributed by atoms with van der Waals surface area (Å²) < 4.78 is 0. The number of aldehydes is 1. The van der Waals surface area contributed by atoms with Gasteiger partial charge in [0.15, 0.2) is 5.79 Å². The molecule has 148 valence electrons. The molecule has 3 N–H and O–H groups in total. The SMILES string of the molecule is C[C@H](C=O)[C@H]1CC[C@H]2[C@@H]3[C@H](O)C[C@H]4CC(O)(O)CC[C@]4(C)[C@H]3CC[C@]12C. The molecule has 0 spiro atoms. The lowest BCUT2D eigenvalue weighted by molar-refractivity contribution is -0.245. The second kappa shape index (κ2) is 6.02. The van der Waals surface area contributed by atoms with E-state index in [1.807, 2.05) is 0 Å². The van der Waals surface area contributed by atoms with Crippen LogP contribution in [0.5, 0.6) is 0 Å². The van der Waals surface area contributed by atoms with Gasteiger partial charge in [-0.05, 0) is 78.9 Å².